The van der Waals surface area contributed by atoms with Gasteiger partial charge in [-0.2, -0.15) is 0 Å². The molecule has 0 unspecified atom stereocenters. The van der Waals surface area contributed by atoms with Crippen molar-refractivity contribution in [1.29, 1.82) is 0 Å². The lowest BCUT2D eigenvalue weighted by Gasteiger charge is -2.21. The van der Waals surface area contributed by atoms with E-state index in [0.29, 0.717) is 6.54 Å². The first-order valence-corrected chi connectivity index (χ1v) is 6.86. The van der Waals surface area contributed by atoms with Gasteiger partial charge in [0.05, 0.1) is 12.2 Å². The summed E-state index contributed by atoms with van der Waals surface area (Å²) in [5, 5.41) is 33.9. The van der Waals surface area contributed by atoms with Crippen LogP contribution in [0, 0.1) is 0 Å². The summed E-state index contributed by atoms with van der Waals surface area (Å²) in [6, 6.07) is -0.221. The van der Waals surface area contributed by atoms with Crippen LogP contribution in [-0.4, -0.2) is 62.7 Å². The Morgan fingerprint density at radius 2 is 1.73 bits per heavy atom. The maximum Gasteiger partial charge on any atom is 0.327 e. The first-order valence-electron chi connectivity index (χ1n) is 6.86. The van der Waals surface area contributed by atoms with E-state index in [0.717, 1.165) is 0 Å². The van der Waals surface area contributed by atoms with E-state index in [-0.39, 0.29) is 24.1 Å². The van der Waals surface area contributed by atoms with Gasteiger partial charge in [0.25, 0.3) is 5.56 Å². The van der Waals surface area contributed by atoms with Gasteiger partial charge < -0.3 is 31.7 Å². The Bertz CT molecular complexity index is 582. The van der Waals surface area contributed by atoms with E-state index in [1.807, 2.05) is 0 Å². The number of aromatic nitrogens is 2. The van der Waals surface area contributed by atoms with Crippen LogP contribution in [0.5, 0.6) is 0 Å². The third-order valence-electron chi connectivity index (χ3n) is 2.92. The van der Waals surface area contributed by atoms with E-state index < -0.39 is 29.6 Å². The standard InChI is InChI=1S/C12H23N5O5/c1-5(13)3-14-8-10(16-12(22)17-11(8)21)15-4-7(19)9(20)6(2)18/h5-7,9,14,18-20H,3-4,13H2,1-2H3,(H3,15,16,17,21,22)/t5-,6+,7-,9+/m0/s1. The molecular formula is C12H23N5O5. The van der Waals surface area contributed by atoms with Crippen LogP contribution in [0.1, 0.15) is 13.8 Å². The molecule has 1 aromatic heterocycles. The Morgan fingerprint density at radius 3 is 2.27 bits per heavy atom. The van der Waals surface area contributed by atoms with Gasteiger partial charge in [-0.05, 0) is 13.8 Å². The van der Waals surface area contributed by atoms with Gasteiger partial charge in [0, 0.05) is 19.1 Å². The molecule has 126 valence electrons. The minimum atomic E-state index is -1.36. The summed E-state index contributed by atoms with van der Waals surface area (Å²) in [5.41, 5.74) is 4.30. The van der Waals surface area contributed by atoms with E-state index in [4.69, 9.17) is 5.73 Å². The highest BCUT2D eigenvalue weighted by Gasteiger charge is 2.21. The van der Waals surface area contributed by atoms with Gasteiger partial charge in [-0.1, -0.05) is 0 Å². The van der Waals surface area contributed by atoms with Crippen molar-refractivity contribution in [3.05, 3.63) is 20.8 Å². The van der Waals surface area contributed by atoms with Crippen molar-refractivity contribution in [1.82, 2.24) is 9.97 Å². The summed E-state index contributed by atoms with van der Waals surface area (Å²) >= 11 is 0. The highest BCUT2D eigenvalue weighted by Crippen LogP contribution is 2.11. The molecule has 10 nitrogen and oxygen atoms in total. The average Bonchev–Trinajstić information content (AvgIpc) is 2.42. The van der Waals surface area contributed by atoms with Crippen molar-refractivity contribution in [3.63, 3.8) is 0 Å². The number of aliphatic hydroxyl groups is 3. The maximum atomic E-state index is 11.8. The van der Waals surface area contributed by atoms with Gasteiger partial charge in [-0.25, -0.2) is 4.79 Å². The molecule has 1 heterocycles. The van der Waals surface area contributed by atoms with Crippen molar-refractivity contribution in [2.45, 2.75) is 38.2 Å². The van der Waals surface area contributed by atoms with Crippen LogP contribution in [0.25, 0.3) is 0 Å². The number of anilines is 2. The lowest BCUT2D eigenvalue weighted by Crippen LogP contribution is -2.40. The molecule has 0 aromatic carbocycles. The summed E-state index contributed by atoms with van der Waals surface area (Å²) in [6.45, 7) is 3.18. The normalized spacial score (nSPS) is 16.6. The molecule has 0 fully saturated rings. The average molecular weight is 317 g/mol. The summed E-state index contributed by atoms with van der Waals surface area (Å²) < 4.78 is 0. The highest BCUT2D eigenvalue weighted by atomic mass is 16.4. The zero-order valence-corrected chi connectivity index (χ0v) is 12.5. The summed E-state index contributed by atoms with van der Waals surface area (Å²) in [7, 11) is 0. The van der Waals surface area contributed by atoms with Gasteiger partial charge in [-0.3, -0.25) is 14.8 Å². The second kappa shape index (κ2) is 7.94. The molecule has 10 heteroatoms. The minimum Gasteiger partial charge on any atom is -0.391 e. The molecule has 1 rings (SSSR count). The van der Waals surface area contributed by atoms with E-state index in [1.165, 1.54) is 6.92 Å². The predicted octanol–water partition coefficient (Wildman–Crippen LogP) is -2.66. The van der Waals surface area contributed by atoms with Gasteiger partial charge in [-0.15, -0.1) is 0 Å². The third-order valence-corrected chi connectivity index (χ3v) is 2.92. The Labute approximate surface area is 126 Å². The lowest BCUT2D eigenvalue weighted by molar-refractivity contribution is -0.0459. The molecule has 0 aliphatic rings. The van der Waals surface area contributed by atoms with Crippen molar-refractivity contribution in [2.24, 2.45) is 5.73 Å². The van der Waals surface area contributed by atoms with E-state index in [2.05, 4.69) is 20.6 Å². The van der Waals surface area contributed by atoms with Crippen LogP contribution in [0.3, 0.4) is 0 Å². The van der Waals surface area contributed by atoms with Crippen molar-refractivity contribution in [3.8, 4) is 0 Å². The van der Waals surface area contributed by atoms with Gasteiger partial charge in [0.15, 0.2) is 0 Å². The number of nitrogens with two attached hydrogens (primary N) is 1. The number of hydrogen-bond donors (Lipinski definition) is 8. The first kappa shape index (κ1) is 18.2. The van der Waals surface area contributed by atoms with E-state index >= 15 is 0 Å². The number of rotatable bonds is 8. The molecular weight excluding hydrogens is 294 g/mol. The topological polar surface area (TPSA) is 176 Å². The Hall–Kier alpha value is -1.88. The molecule has 0 bridgehead atoms. The van der Waals surface area contributed by atoms with E-state index in [9.17, 15) is 24.9 Å². The summed E-state index contributed by atoms with van der Waals surface area (Å²) in [5.74, 6) is 0.0613. The molecule has 22 heavy (non-hydrogen) atoms. The maximum absolute atomic E-state index is 11.8. The molecule has 0 aliphatic heterocycles. The molecule has 0 radical (unpaired) electrons. The van der Waals surface area contributed by atoms with Crippen LogP contribution in [0.2, 0.25) is 0 Å². The molecule has 0 aliphatic carbocycles. The van der Waals surface area contributed by atoms with Crippen molar-refractivity contribution < 1.29 is 15.3 Å². The Morgan fingerprint density at radius 1 is 1.09 bits per heavy atom. The zero-order chi connectivity index (χ0) is 16.9. The molecule has 4 atom stereocenters. The Balaban J connectivity index is 2.88. The SMILES string of the molecule is C[C@H](N)CNc1c(NC[C@H](O)[C@H](O)[C@@H](C)O)[nH]c(=O)[nH]c1=O. The monoisotopic (exact) mass is 317 g/mol. The Kier molecular flexibility index (Phi) is 6.56. The summed E-state index contributed by atoms with van der Waals surface area (Å²) in [6.07, 6.45) is -3.77. The first-order chi connectivity index (χ1) is 10.2. The number of aliphatic hydroxyl groups excluding tert-OH is 3. The minimum absolute atomic E-state index is 0.0613. The fraction of sp³-hybridized carbons (Fsp3) is 0.667. The van der Waals surface area contributed by atoms with Crippen LogP contribution in [-0.2, 0) is 0 Å². The molecule has 1 aromatic rings. The molecule has 0 saturated carbocycles. The fourth-order valence-electron chi connectivity index (χ4n) is 1.70. The summed E-state index contributed by atoms with van der Waals surface area (Å²) in [4.78, 5) is 27.6. The fourth-order valence-corrected chi connectivity index (χ4v) is 1.70. The van der Waals surface area contributed by atoms with Gasteiger partial charge in [0.2, 0.25) is 0 Å². The van der Waals surface area contributed by atoms with Gasteiger partial charge in [0.1, 0.15) is 17.6 Å². The van der Waals surface area contributed by atoms with Crippen molar-refractivity contribution >= 4 is 11.5 Å². The van der Waals surface area contributed by atoms with Crippen LogP contribution in [0.15, 0.2) is 9.59 Å². The highest BCUT2D eigenvalue weighted by molar-refractivity contribution is 5.62. The third kappa shape index (κ3) is 5.15. The quantitative estimate of drug-likeness (QED) is 0.256. The smallest absolute Gasteiger partial charge is 0.327 e. The number of nitrogens with one attached hydrogen (secondary N) is 4. The second-order valence-corrected chi connectivity index (χ2v) is 5.20. The van der Waals surface area contributed by atoms with Gasteiger partial charge >= 0.3 is 5.69 Å². The molecule has 0 amide bonds. The number of hydrogen-bond acceptors (Lipinski definition) is 8. The van der Waals surface area contributed by atoms with E-state index in [1.54, 1.807) is 6.92 Å². The second-order valence-electron chi connectivity index (χ2n) is 5.20. The lowest BCUT2D eigenvalue weighted by atomic mass is 10.1. The number of aromatic amines is 2. The van der Waals surface area contributed by atoms with Crippen LogP contribution >= 0.6 is 0 Å². The van der Waals surface area contributed by atoms with Crippen molar-refractivity contribution in [2.75, 3.05) is 23.7 Å². The molecule has 9 N–H and O–H groups in total. The molecule has 0 spiro atoms. The largest absolute Gasteiger partial charge is 0.391 e. The number of H-pyrrole nitrogens is 2. The van der Waals surface area contributed by atoms with Crippen LogP contribution < -0.4 is 27.6 Å². The zero-order valence-electron chi connectivity index (χ0n) is 12.5. The van der Waals surface area contributed by atoms with Crippen LogP contribution in [0.4, 0.5) is 11.5 Å². The predicted molar refractivity (Wildman–Crippen MR) is 82.0 cm³/mol. The molecule has 0 saturated heterocycles.